The predicted molar refractivity (Wildman–Crippen MR) is 101 cm³/mol. The molecule has 148 valence electrons. The summed E-state index contributed by atoms with van der Waals surface area (Å²) in [5, 5.41) is 6.68. The number of piperidine rings is 1. The van der Waals surface area contributed by atoms with Gasteiger partial charge in [0.25, 0.3) is 0 Å². The summed E-state index contributed by atoms with van der Waals surface area (Å²) in [6.07, 6.45) is 6.34. The first-order chi connectivity index (χ1) is 13.5. The van der Waals surface area contributed by atoms with E-state index in [1.54, 1.807) is 20.5 Å². The molecule has 2 saturated heterocycles. The van der Waals surface area contributed by atoms with E-state index in [0.29, 0.717) is 31.2 Å². The number of anilines is 1. The summed E-state index contributed by atoms with van der Waals surface area (Å²) in [4.78, 5) is 38.5. The fourth-order valence-corrected chi connectivity index (χ4v) is 3.92. The van der Waals surface area contributed by atoms with Crippen LogP contribution < -0.4 is 10.2 Å². The van der Waals surface area contributed by atoms with Crippen LogP contribution in [0.1, 0.15) is 24.8 Å². The van der Waals surface area contributed by atoms with E-state index in [1.807, 2.05) is 12.3 Å². The minimum absolute atomic E-state index is 0.253. The van der Waals surface area contributed by atoms with Crippen LogP contribution in [0.3, 0.4) is 0 Å². The van der Waals surface area contributed by atoms with Gasteiger partial charge in [-0.1, -0.05) is 0 Å². The van der Waals surface area contributed by atoms with Gasteiger partial charge in [0.05, 0.1) is 24.5 Å². The second kappa shape index (κ2) is 7.49. The third-order valence-corrected chi connectivity index (χ3v) is 5.48. The molecule has 0 atom stereocenters. The predicted octanol–water partition coefficient (Wildman–Crippen LogP) is 1.80. The van der Waals surface area contributed by atoms with Crippen molar-refractivity contribution >= 4 is 29.2 Å². The summed E-state index contributed by atoms with van der Waals surface area (Å²) in [6.45, 7) is 1.77. The Morgan fingerprint density at radius 1 is 1.29 bits per heavy atom. The monoisotopic (exact) mass is 385 g/mol. The molecule has 28 heavy (non-hydrogen) atoms. The summed E-state index contributed by atoms with van der Waals surface area (Å²) in [7, 11) is 1.41. The summed E-state index contributed by atoms with van der Waals surface area (Å²) in [5.41, 5.74) is 2.71. The normalized spacial score (nSPS) is 18.5. The van der Waals surface area contributed by atoms with Crippen molar-refractivity contribution in [2.75, 3.05) is 31.6 Å². The first-order valence-corrected chi connectivity index (χ1v) is 9.45. The van der Waals surface area contributed by atoms with Gasteiger partial charge in [0, 0.05) is 32.3 Å². The molecule has 2 aliphatic rings. The highest BCUT2D eigenvalue weighted by atomic mass is 16.5. The zero-order valence-electron chi connectivity index (χ0n) is 15.8. The molecule has 0 aliphatic carbocycles. The van der Waals surface area contributed by atoms with Crippen LogP contribution >= 0.6 is 0 Å². The molecular weight excluding hydrogens is 362 g/mol. The quantitative estimate of drug-likeness (QED) is 0.869. The number of urea groups is 1. The number of fused-ring (bicyclic) bond motifs is 1. The molecule has 0 spiro atoms. The van der Waals surface area contributed by atoms with E-state index in [0.717, 1.165) is 24.8 Å². The molecule has 2 fully saturated rings. The van der Waals surface area contributed by atoms with E-state index in [9.17, 15) is 14.4 Å². The average Bonchev–Trinajstić information content (AvgIpc) is 3.11. The summed E-state index contributed by atoms with van der Waals surface area (Å²) in [6, 6.07) is 3.68. The van der Waals surface area contributed by atoms with Gasteiger partial charge in [-0.2, -0.15) is 5.10 Å². The number of amides is 4. The van der Waals surface area contributed by atoms with Crippen molar-refractivity contribution in [2.24, 2.45) is 5.92 Å². The van der Waals surface area contributed by atoms with Crippen molar-refractivity contribution in [3.05, 3.63) is 30.1 Å². The van der Waals surface area contributed by atoms with Gasteiger partial charge in [0.15, 0.2) is 0 Å². The van der Waals surface area contributed by atoms with Gasteiger partial charge in [-0.15, -0.1) is 0 Å². The first-order valence-electron chi connectivity index (χ1n) is 9.45. The minimum atomic E-state index is -0.410. The molecular formula is C19H23N5O4. The molecule has 0 unspecified atom stereocenters. The second-order valence-electron chi connectivity index (χ2n) is 7.25. The summed E-state index contributed by atoms with van der Waals surface area (Å²) < 4.78 is 6.53. The number of ether oxygens (including phenoxy) is 1. The van der Waals surface area contributed by atoms with E-state index in [-0.39, 0.29) is 18.4 Å². The molecule has 2 aromatic rings. The zero-order chi connectivity index (χ0) is 19.7. The highest BCUT2D eigenvalue weighted by molar-refractivity contribution is 6.07. The largest absolute Gasteiger partial charge is 0.453 e. The molecule has 0 radical (unpaired) electrons. The van der Waals surface area contributed by atoms with E-state index in [2.05, 4.69) is 16.5 Å². The highest BCUT2D eigenvalue weighted by Crippen LogP contribution is 2.27. The molecule has 1 N–H and O–H groups in total. The highest BCUT2D eigenvalue weighted by Gasteiger charge is 2.27. The van der Waals surface area contributed by atoms with Crippen molar-refractivity contribution in [1.82, 2.24) is 19.8 Å². The van der Waals surface area contributed by atoms with Gasteiger partial charge in [-0.25, -0.2) is 14.1 Å². The Balaban J connectivity index is 1.48. The van der Waals surface area contributed by atoms with Crippen LogP contribution in [0.2, 0.25) is 0 Å². The molecule has 4 amide bonds. The van der Waals surface area contributed by atoms with Crippen molar-refractivity contribution < 1.29 is 19.1 Å². The fraction of sp³-hybridized carbons (Fsp3) is 0.474. The Hall–Kier alpha value is -3.10. The smallest absolute Gasteiger partial charge is 0.409 e. The summed E-state index contributed by atoms with van der Waals surface area (Å²) >= 11 is 0. The number of rotatable bonds is 3. The van der Waals surface area contributed by atoms with E-state index in [4.69, 9.17) is 4.74 Å². The molecule has 2 aliphatic heterocycles. The second-order valence-corrected chi connectivity index (χ2v) is 7.25. The molecule has 4 heterocycles. The number of hydrogen-bond donors (Lipinski definition) is 1. The van der Waals surface area contributed by atoms with Crippen molar-refractivity contribution in [1.29, 1.82) is 0 Å². The molecule has 0 aromatic carbocycles. The lowest BCUT2D eigenvalue weighted by Crippen LogP contribution is -2.49. The lowest BCUT2D eigenvalue weighted by Gasteiger charge is -2.31. The van der Waals surface area contributed by atoms with Gasteiger partial charge in [-0.3, -0.25) is 15.0 Å². The molecule has 9 heteroatoms. The van der Waals surface area contributed by atoms with Crippen LogP contribution in [0.25, 0.3) is 5.52 Å². The number of carbonyl (C=O) groups excluding carboxylic acids is 3. The van der Waals surface area contributed by atoms with Crippen LogP contribution in [0.4, 0.5) is 15.3 Å². The molecule has 2 aromatic heterocycles. The Kier molecular flexibility index (Phi) is 4.89. The molecule has 9 nitrogen and oxygen atoms in total. The minimum Gasteiger partial charge on any atom is -0.453 e. The Morgan fingerprint density at radius 3 is 2.79 bits per heavy atom. The zero-order valence-corrected chi connectivity index (χ0v) is 15.8. The maximum absolute atomic E-state index is 12.2. The van der Waals surface area contributed by atoms with E-state index < -0.39 is 6.03 Å². The van der Waals surface area contributed by atoms with Crippen molar-refractivity contribution in [3.63, 3.8) is 0 Å². The van der Waals surface area contributed by atoms with Crippen LogP contribution in [0.5, 0.6) is 0 Å². The number of nitrogens with zero attached hydrogens (tertiary/aromatic N) is 4. The van der Waals surface area contributed by atoms with E-state index in [1.165, 1.54) is 12.7 Å². The molecule has 0 bridgehead atoms. The number of likely N-dealkylation sites (tertiary alicyclic amines) is 1. The third-order valence-electron chi connectivity index (χ3n) is 5.48. The topological polar surface area (TPSA) is 96.2 Å². The lowest BCUT2D eigenvalue weighted by atomic mass is 9.90. The maximum Gasteiger partial charge on any atom is 0.409 e. The van der Waals surface area contributed by atoms with Crippen LogP contribution in [-0.2, 0) is 16.0 Å². The van der Waals surface area contributed by atoms with Crippen LogP contribution in [0.15, 0.2) is 24.5 Å². The van der Waals surface area contributed by atoms with E-state index >= 15 is 0 Å². The Morgan fingerprint density at radius 2 is 2.07 bits per heavy atom. The number of nitrogens with one attached hydrogen (secondary N) is 1. The fourth-order valence-electron chi connectivity index (χ4n) is 3.92. The van der Waals surface area contributed by atoms with Gasteiger partial charge < -0.3 is 9.64 Å². The molecule has 4 rings (SSSR count). The van der Waals surface area contributed by atoms with Crippen molar-refractivity contribution in [3.8, 4) is 0 Å². The number of aromatic nitrogens is 2. The number of carbonyl (C=O) groups is 3. The number of methoxy groups -OCH3 is 1. The van der Waals surface area contributed by atoms with Gasteiger partial charge >= 0.3 is 12.1 Å². The van der Waals surface area contributed by atoms with Crippen LogP contribution in [0, 0.1) is 5.92 Å². The van der Waals surface area contributed by atoms with Crippen molar-refractivity contribution in [2.45, 2.75) is 25.7 Å². The summed E-state index contributed by atoms with van der Waals surface area (Å²) in [5.74, 6) is 0.238. The maximum atomic E-state index is 12.2. The molecule has 0 saturated carbocycles. The van der Waals surface area contributed by atoms with Gasteiger partial charge in [0.2, 0.25) is 5.91 Å². The van der Waals surface area contributed by atoms with Gasteiger partial charge in [-0.05, 0) is 42.9 Å². The Bertz CT molecular complexity index is 916. The number of pyridine rings is 1. The average molecular weight is 385 g/mol. The SMILES string of the molecule is COC(=O)N1CCC(Cc2ccn3ncc(N4CCC(=O)NC4=O)c3c2)CC1. The first kappa shape index (κ1) is 18.3. The van der Waals surface area contributed by atoms with Gasteiger partial charge in [0.1, 0.15) is 0 Å². The standard InChI is InChI=1S/C19H23N5O4/c1-28-19(27)22-6-2-13(3-7-22)10-14-4-9-24-15(11-14)16(12-20-24)23-8-5-17(25)21-18(23)26/h4,9,11-13H,2-3,5-8,10H2,1H3,(H,21,25,26). The number of imide groups is 1. The Labute approximate surface area is 162 Å². The number of hydrogen-bond acceptors (Lipinski definition) is 5. The van der Waals surface area contributed by atoms with Crippen LogP contribution in [-0.4, -0.2) is 59.3 Å². The lowest BCUT2D eigenvalue weighted by molar-refractivity contribution is -0.120. The third kappa shape index (κ3) is 3.51.